The summed E-state index contributed by atoms with van der Waals surface area (Å²) in [4.78, 5) is 10.7. The van der Waals surface area contributed by atoms with Crippen LogP contribution in [0.15, 0.2) is 0 Å². The first kappa shape index (κ1) is 20.3. The number of methoxy groups -OCH3 is 1. The largest absolute Gasteiger partial charge is 0.467 e. The molecule has 0 saturated heterocycles. The van der Waals surface area contributed by atoms with Gasteiger partial charge in [-0.3, -0.25) is 0 Å². The standard InChI is InChI=1S/C14H28O7/c1-13(2)21-11-10-19-7-6-17-4-5-18-8-9-20-12-14(15)16-3/h13H,4-12H2,1-3H3. The number of carbonyl (C=O) groups excluding carboxylic acids is 1. The summed E-state index contributed by atoms with van der Waals surface area (Å²) < 4.78 is 30.7. The summed E-state index contributed by atoms with van der Waals surface area (Å²) in [5.41, 5.74) is 0. The van der Waals surface area contributed by atoms with Crippen LogP contribution in [0.4, 0.5) is 0 Å². The molecule has 0 saturated carbocycles. The molecule has 0 unspecified atom stereocenters. The fourth-order valence-electron chi connectivity index (χ4n) is 1.22. The predicted octanol–water partition coefficient (Wildman–Crippen LogP) is 0.651. The topological polar surface area (TPSA) is 72.5 Å². The fraction of sp³-hybridized carbons (Fsp3) is 0.929. The molecular formula is C14H28O7. The van der Waals surface area contributed by atoms with E-state index in [1.165, 1.54) is 7.11 Å². The van der Waals surface area contributed by atoms with E-state index in [0.717, 1.165) is 0 Å². The van der Waals surface area contributed by atoms with Crippen LogP contribution in [-0.4, -0.2) is 78.6 Å². The molecule has 126 valence electrons. The highest BCUT2D eigenvalue weighted by Gasteiger charge is 1.99. The van der Waals surface area contributed by atoms with E-state index in [0.29, 0.717) is 52.9 Å². The third kappa shape index (κ3) is 17.2. The quantitative estimate of drug-likeness (QED) is 0.325. The van der Waals surface area contributed by atoms with Crippen molar-refractivity contribution in [2.75, 3.05) is 66.6 Å². The second-order valence-electron chi connectivity index (χ2n) is 4.39. The lowest BCUT2D eigenvalue weighted by atomic mass is 10.5. The smallest absolute Gasteiger partial charge is 0.331 e. The Morgan fingerprint density at radius 3 is 1.62 bits per heavy atom. The molecule has 7 heteroatoms. The number of ether oxygens (including phenoxy) is 6. The van der Waals surface area contributed by atoms with E-state index in [4.69, 9.17) is 23.7 Å². The normalized spacial score (nSPS) is 11.0. The highest BCUT2D eigenvalue weighted by Crippen LogP contribution is 1.88. The van der Waals surface area contributed by atoms with Crippen LogP contribution in [0.2, 0.25) is 0 Å². The van der Waals surface area contributed by atoms with Crippen molar-refractivity contribution in [1.29, 1.82) is 0 Å². The first-order valence-corrected chi connectivity index (χ1v) is 7.16. The predicted molar refractivity (Wildman–Crippen MR) is 76.4 cm³/mol. The van der Waals surface area contributed by atoms with Crippen LogP contribution >= 0.6 is 0 Å². The Balaban J connectivity index is 3.01. The molecule has 7 nitrogen and oxygen atoms in total. The molecule has 0 aliphatic heterocycles. The van der Waals surface area contributed by atoms with E-state index in [2.05, 4.69) is 4.74 Å². The minimum atomic E-state index is -0.392. The van der Waals surface area contributed by atoms with E-state index < -0.39 is 5.97 Å². The molecule has 0 bridgehead atoms. The summed E-state index contributed by atoms with van der Waals surface area (Å²) in [6, 6.07) is 0. The van der Waals surface area contributed by atoms with Crippen molar-refractivity contribution in [3.8, 4) is 0 Å². The van der Waals surface area contributed by atoms with Crippen molar-refractivity contribution < 1.29 is 33.2 Å². The van der Waals surface area contributed by atoms with Crippen molar-refractivity contribution in [1.82, 2.24) is 0 Å². The van der Waals surface area contributed by atoms with Crippen LogP contribution in [0.3, 0.4) is 0 Å². The molecule has 0 N–H and O–H groups in total. The van der Waals surface area contributed by atoms with Gasteiger partial charge >= 0.3 is 5.97 Å². The van der Waals surface area contributed by atoms with Crippen molar-refractivity contribution in [3.05, 3.63) is 0 Å². The van der Waals surface area contributed by atoms with Gasteiger partial charge in [0.1, 0.15) is 6.61 Å². The molecule has 0 aromatic rings. The molecule has 0 spiro atoms. The molecular weight excluding hydrogens is 280 g/mol. The summed E-state index contributed by atoms with van der Waals surface area (Å²) in [7, 11) is 1.32. The van der Waals surface area contributed by atoms with Gasteiger partial charge in [-0.2, -0.15) is 0 Å². The Hall–Kier alpha value is -0.730. The number of carbonyl (C=O) groups is 1. The zero-order chi connectivity index (χ0) is 15.8. The second-order valence-corrected chi connectivity index (χ2v) is 4.39. The van der Waals surface area contributed by atoms with Gasteiger partial charge in [0, 0.05) is 0 Å². The molecule has 0 aliphatic rings. The van der Waals surface area contributed by atoms with Crippen LogP contribution in [0, 0.1) is 0 Å². The fourth-order valence-corrected chi connectivity index (χ4v) is 1.22. The van der Waals surface area contributed by atoms with Gasteiger partial charge in [-0.1, -0.05) is 0 Å². The third-order valence-corrected chi connectivity index (χ3v) is 2.24. The van der Waals surface area contributed by atoms with Crippen molar-refractivity contribution in [2.45, 2.75) is 20.0 Å². The Morgan fingerprint density at radius 1 is 0.762 bits per heavy atom. The van der Waals surface area contributed by atoms with Gasteiger partial charge in [-0.25, -0.2) is 4.79 Å². The molecule has 0 heterocycles. The van der Waals surface area contributed by atoms with E-state index in [1.54, 1.807) is 0 Å². The molecule has 21 heavy (non-hydrogen) atoms. The minimum Gasteiger partial charge on any atom is -0.467 e. The summed E-state index contributed by atoms with van der Waals surface area (Å²) in [5.74, 6) is -0.392. The Kier molecular flexibility index (Phi) is 15.1. The summed E-state index contributed by atoms with van der Waals surface area (Å²) in [6.45, 7) is 7.95. The van der Waals surface area contributed by atoms with Crippen LogP contribution in [0.1, 0.15) is 13.8 Å². The third-order valence-electron chi connectivity index (χ3n) is 2.24. The average molecular weight is 308 g/mol. The maximum absolute atomic E-state index is 10.7. The van der Waals surface area contributed by atoms with E-state index in [-0.39, 0.29) is 12.7 Å². The van der Waals surface area contributed by atoms with Crippen molar-refractivity contribution >= 4 is 5.97 Å². The van der Waals surface area contributed by atoms with E-state index >= 15 is 0 Å². The van der Waals surface area contributed by atoms with Crippen LogP contribution in [0.25, 0.3) is 0 Å². The lowest BCUT2D eigenvalue weighted by molar-refractivity contribution is -0.146. The molecule has 0 amide bonds. The van der Waals surface area contributed by atoms with Crippen LogP contribution in [0.5, 0.6) is 0 Å². The number of hydrogen-bond acceptors (Lipinski definition) is 7. The van der Waals surface area contributed by atoms with Crippen molar-refractivity contribution in [2.24, 2.45) is 0 Å². The minimum absolute atomic E-state index is 0.0474. The SMILES string of the molecule is COC(=O)COCCOCCOCCOCCOC(C)C. The zero-order valence-corrected chi connectivity index (χ0v) is 13.3. The summed E-state index contributed by atoms with van der Waals surface area (Å²) in [5, 5.41) is 0. The lowest BCUT2D eigenvalue weighted by Crippen LogP contribution is -2.15. The van der Waals surface area contributed by atoms with Gasteiger partial charge in [-0.05, 0) is 13.8 Å². The number of esters is 1. The lowest BCUT2D eigenvalue weighted by Gasteiger charge is -2.09. The Bertz CT molecular complexity index is 233. The van der Waals surface area contributed by atoms with Gasteiger partial charge in [0.15, 0.2) is 0 Å². The highest BCUT2D eigenvalue weighted by atomic mass is 16.6. The van der Waals surface area contributed by atoms with Crippen molar-refractivity contribution in [3.63, 3.8) is 0 Å². The number of hydrogen-bond donors (Lipinski definition) is 0. The second kappa shape index (κ2) is 15.7. The number of rotatable bonds is 15. The molecule has 0 fully saturated rings. The summed E-state index contributed by atoms with van der Waals surface area (Å²) in [6.07, 6.45) is 0.235. The molecule has 0 aliphatic carbocycles. The van der Waals surface area contributed by atoms with Gasteiger partial charge < -0.3 is 28.4 Å². The van der Waals surface area contributed by atoms with Crippen LogP contribution in [-0.2, 0) is 33.2 Å². The first-order chi connectivity index (χ1) is 10.2. The molecule has 0 aromatic carbocycles. The highest BCUT2D eigenvalue weighted by molar-refractivity contribution is 5.70. The first-order valence-electron chi connectivity index (χ1n) is 7.16. The van der Waals surface area contributed by atoms with E-state index in [9.17, 15) is 4.79 Å². The molecule has 0 aromatic heterocycles. The zero-order valence-electron chi connectivity index (χ0n) is 13.3. The Morgan fingerprint density at radius 2 is 1.19 bits per heavy atom. The maximum atomic E-state index is 10.7. The summed E-state index contributed by atoms with van der Waals surface area (Å²) >= 11 is 0. The molecule has 0 rings (SSSR count). The monoisotopic (exact) mass is 308 g/mol. The Labute approximate surface area is 126 Å². The molecule has 0 radical (unpaired) electrons. The van der Waals surface area contributed by atoms with Gasteiger partial charge in [-0.15, -0.1) is 0 Å². The van der Waals surface area contributed by atoms with Gasteiger partial charge in [0.2, 0.25) is 0 Å². The van der Waals surface area contributed by atoms with Crippen LogP contribution < -0.4 is 0 Å². The van der Waals surface area contributed by atoms with E-state index in [1.807, 2.05) is 13.8 Å². The molecule has 0 atom stereocenters. The average Bonchev–Trinajstić information content (AvgIpc) is 2.46. The van der Waals surface area contributed by atoms with Gasteiger partial charge in [0.05, 0.1) is 66.1 Å². The van der Waals surface area contributed by atoms with Gasteiger partial charge in [0.25, 0.3) is 0 Å². The maximum Gasteiger partial charge on any atom is 0.331 e.